The lowest BCUT2D eigenvalue weighted by Gasteiger charge is -2.17. The van der Waals surface area contributed by atoms with Crippen LogP contribution in [0.1, 0.15) is 18.1 Å². The third-order valence-electron chi connectivity index (χ3n) is 3.61. The lowest BCUT2D eigenvalue weighted by Crippen LogP contribution is -2.22. The molecule has 0 unspecified atom stereocenters. The van der Waals surface area contributed by atoms with Crippen molar-refractivity contribution in [2.24, 2.45) is 0 Å². The van der Waals surface area contributed by atoms with Gasteiger partial charge in [0.05, 0.1) is 12.1 Å². The minimum atomic E-state index is -2.78. The smallest absolute Gasteiger partial charge is 0.299 e. The summed E-state index contributed by atoms with van der Waals surface area (Å²) < 4.78 is 27.5. The average molecular weight is 363 g/mol. The fourth-order valence-corrected chi connectivity index (χ4v) is 3.16. The molecule has 0 amide bonds. The van der Waals surface area contributed by atoms with Crippen molar-refractivity contribution in [1.29, 1.82) is 0 Å². The highest BCUT2D eigenvalue weighted by Gasteiger charge is 2.18. The van der Waals surface area contributed by atoms with Crippen LogP contribution >= 0.6 is 11.3 Å². The maximum Gasteiger partial charge on any atom is 0.299 e. The number of hydrogen-bond acceptors (Lipinski definition) is 7. The summed E-state index contributed by atoms with van der Waals surface area (Å²) in [5, 5.41) is 13.0. The van der Waals surface area contributed by atoms with Crippen molar-refractivity contribution in [2.45, 2.75) is 13.0 Å². The van der Waals surface area contributed by atoms with Gasteiger partial charge in [0.2, 0.25) is 5.82 Å². The van der Waals surface area contributed by atoms with Gasteiger partial charge in [0.1, 0.15) is 16.3 Å². The van der Waals surface area contributed by atoms with Crippen molar-refractivity contribution in [3.63, 3.8) is 0 Å². The van der Waals surface area contributed by atoms with E-state index in [-0.39, 0.29) is 17.8 Å². The first kappa shape index (κ1) is 15.6. The highest BCUT2D eigenvalue weighted by atomic mass is 32.1. The molecular formula is C14H11F2N7OS. The van der Waals surface area contributed by atoms with Gasteiger partial charge in [-0.15, -0.1) is 26.6 Å². The zero-order valence-corrected chi connectivity index (χ0v) is 13.7. The Labute approximate surface area is 142 Å². The van der Waals surface area contributed by atoms with E-state index in [0.29, 0.717) is 21.9 Å². The normalized spacial score (nSPS) is 11.7. The zero-order valence-electron chi connectivity index (χ0n) is 12.8. The monoisotopic (exact) mass is 363 g/mol. The molecule has 0 atom stereocenters. The number of anilines is 1. The Morgan fingerprint density at radius 3 is 2.96 bits per heavy atom. The van der Waals surface area contributed by atoms with Gasteiger partial charge >= 0.3 is 0 Å². The minimum Gasteiger partial charge on any atom is -0.351 e. The van der Waals surface area contributed by atoms with E-state index >= 15 is 0 Å². The van der Waals surface area contributed by atoms with Crippen LogP contribution in [0.5, 0.6) is 0 Å². The van der Waals surface area contributed by atoms with Crippen LogP contribution in [0.15, 0.2) is 28.4 Å². The van der Waals surface area contributed by atoms with Crippen LogP contribution in [-0.2, 0) is 6.54 Å². The van der Waals surface area contributed by atoms with Crippen molar-refractivity contribution in [3.05, 3.63) is 45.6 Å². The predicted molar refractivity (Wildman–Crippen MR) is 88.1 cm³/mol. The molecule has 128 valence electrons. The molecule has 0 aliphatic heterocycles. The van der Waals surface area contributed by atoms with Crippen LogP contribution < -0.4 is 10.5 Å². The standard InChI is InChI=1S/C14H11F2N7OS/c1-22(6-8-17-7-4-5-25-11(7)14(24)18-8)10-3-2-9-19-20-13(12(15)16)23(9)21-10/h2-5,12H,6H2,1H3,(H,17,18,24). The molecular weight excluding hydrogens is 352 g/mol. The summed E-state index contributed by atoms with van der Waals surface area (Å²) in [5.41, 5.74) is 0.656. The molecule has 4 aromatic heterocycles. The predicted octanol–water partition coefficient (Wildman–Crippen LogP) is 2.00. The van der Waals surface area contributed by atoms with Gasteiger partial charge in [0.25, 0.3) is 12.0 Å². The van der Waals surface area contributed by atoms with E-state index in [9.17, 15) is 13.6 Å². The lowest BCUT2D eigenvalue weighted by molar-refractivity contribution is 0.137. The van der Waals surface area contributed by atoms with Gasteiger partial charge in [-0.1, -0.05) is 0 Å². The first-order valence-corrected chi connectivity index (χ1v) is 8.09. The second-order valence-corrected chi connectivity index (χ2v) is 6.24. The third kappa shape index (κ3) is 2.71. The van der Waals surface area contributed by atoms with Crippen molar-refractivity contribution in [3.8, 4) is 0 Å². The van der Waals surface area contributed by atoms with Crippen molar-refractivity contribution >= 4 is 33.0 Å². The number of halogens is 2. The number of aromatic amines is 1. The average Bonchev–Trinajstić information content (AvgIpc) is 3.20. The fraction of sp³-hybridized carbons (Fsp3) is 0.214. The van der Waals surface area contributed by atoms with Gasteiger partial charge in [-0.25, -0.2) is 13.8 Å². The van der Waals surface area contributed by atoms with Crippen molar-refractivity contribution in [2.75, 3.05) is 11.9 Å². The number of rotatable bonds is 4. The van der Waals surface area contributed by atoms with E-state index in [0.717, 1.165) is 4.52 Å². The topological polar surface area (TPSA) is 92.1 Å². The first-order valence-electron chi connectivity index (χ1n) is 7.21. The molecule has 4 aromatic rings. The van der Waals surface area contributed by atoms with Gasteiger partial charge in [-0.05, 0) is 23.6 Å². The zero-order chi connectivity index (χ0) is 17.6. The quantitative estimate of drug-likeness (QED) is 0.596. The molecule has 0 radical (unpaired) electrons. The molecule has 0 aliphatic rings. The molecule has 1 N–H and O–H groups in total. The van der Waals surface area contributed by atoms with Crippen LogP contribution in [0.3, 0.4) is 0 Å². The summed E-state index contributed by atoms with van der Waals surface area (Å²) in [6, 6.07) is 4.96. The number of nitrogens with zero attached hydrogens (tertiary/aromatic N) is 6. The highest BCUT2D eigenvalue weighted by molar-refractivity contribution is 7.17. The number of thiophene rings is 1. The van der Waals surface area contributed by atoms with E-state index < -0.39 is 12.2 Å². The number of hydrogen-bond donors (Lipinski definition) is 1. The Balaban J connectivity index is 1.67. The van der Waals surface area contributed by atoms with Gasteiger partial charge in [0.15, 0.2) is 5.65 Å². The molecule has 0 spiro atoms. The van der Waals surface area contributed by atoms with E-state index in [4.69, 9.17) is 0 Å². The molecule has 0 aliphatic carbocycles. The molecule has 0 aromatic carbocycles. The number of nitrogens with one attached hydrogen (secondary N) is 1. The molecule has 4 rings (SSSR count). The number of H-pyrrole nitrogens is 1. The molecule has 8 nitrogen and oxygen atoms in total. The summed E-state index contributed by atoms with van der Waals surface area (Å²) in [7, 11) is 1.72. The Morgan fingerprint density at radius 1 is 1.32 bits per heavy atom. The van der Waals surface area contributed by atoms with E-state index in [2.05, 4.69) is 25.3 Å². The van der Waals surface area contributed by atoms with E-state index in [1.165, 1.54) is 11.3 Å². The molecule has 0 bridgehead atoms. The van der Waals surface area contributed by atoms with Crippen LogP contribution in [0.25, 0.3) is 15.9 Å². The minimum absolute atomic E-state index is 0.203. The molecule has 0 saturated carbocycles. The third-order valence-corrected chi connectivity index (χ3v) is 4.51. The molecule has 25 heavy (non-hydrogen) atoms. The largest absolute Gasteiger partial charge is 0.351 e. The van der Waals surface area contributed by atoms with Crippen molar-refractivity contribution < 1.29 is 8.78 Å². The maximum atomic E-state index is 12.9. The Bertz CT molecular complexity index is 1120. The first-order chi connectivity index (χ1) is 12.0. The Morgan fingerprint density at radius 2 is 2.16 bits per heavy atom. The number of fused-ring (bicyclic) bond motifs is 2. The molecule has 4 heterocycles. The summed E-state index contributed by atoms with van der Waals surface area (Å²) in [6.45, 7) is 0.256. The van der Waals surface area contributed by atoms with Crippen LogP contribution in [0, 0.1) is 0 Å². The summed E-state index contributed by atoms with van der Waals surface area (Å²) in [4.78, 5) is 20.8. The Hall–Kier alpha value is -2.95. The van der Waals surface area contributed by atoms with Crippen LogP contribution in [0.4, 0.5) is 14.6 Å². The van der Waals surface area contributed by atoms with Gasteiger partial charge in [0, 0.05) is 7.05 Å². The second kappa shape index (κ2) is 5.84. The van der Waals surface area contributed by atoms with E-state index in [1.54, 1.807) is 35.5 Å². The van der Waals surface area contributed by atoms with Gasteiger partial charge < -0.3 is 9.88 Å². The molecule has 11 heteroatoms. The van der Waals surface area contributed by atoms with E-state index in [1.807, 2.05) is 0 Å². The molecule has 0 saturated heterocycles. The highest BCUT2D eigenvalue weighted by Crippen LogP contribution is 2.19. The van der Waals surface area contributed by atoms with Crippen LogP contribution in [0.2, 0.25) is 0 Å². The summed E-state index contributed by atoms with van der Waals surface area (Å²) in [6.07, 6.45) is -2.78. The second-order valence-electron chi connectivity index (χ2n) is 5.32. The molecule has 0 fully saturated rings. The fourth-order valence-electron chi connectivity index (χ4n) is 2.44. The number of aromatic nitrogens is 6. The van der Waals surface area contributed by atoms with Crippen molar-refractivity contribution in [1.82, 2.24) is 29.8 Å². The summed E-state index contributed by atoms with van der Waals surface area (Å²) >= 11 is 1.32. The Kier molecular flexibility index (Phi) is 3.64. The van der Waals surface area contributed by atoms with Crippen LogP contribution in [-0.4, -0.2) is 36.8 Å². The maximum absolute atomic E-state index is 12.9. The SMILES string of the molecule is CN(Cc1nc2ccsc2c(=O)[nH]1)c1ccc2nnc(C(F)F)n2n1. The summed E-state index contributed by atoms with van der Waals surface area (Å²) in [5.74, 6) is 0.358. The van der Waals surface area contributed by atoms with Gasteiger partial charge in [-0.3, -0.25) is 4.79 Å². The lowest BCUT2D eigenvalue weighted by atomic mass is 10.4. The van der Waals surface area contributed by atoms with Gasteiger partial charge in [-0.2, -0.15) is 4.52 Å². The number of alkyl halides is 2.